The zero-order valence-corrected chi connectivity index (χ0v) is 15.0. The van der Waals surface area contributed by atoms with Gasteiger partial charge in [-0.15, -0.1) is 0 Å². The van der Waals surface area contributed by atoms with E-state index in [0.717, 1.165) is 42.6 Å². The first-order valence-electron chi connectivity index (χ1n) is 8.66. The lowest BCUT2D eigenvalue weighted by molar-refractivity contribution is -0.132. The van der Waals surface area contributed by atoms with Gasteiger partial charge in [-0.1, -0.05) is 6.58 Å². The van der Waals surface area contributed by atoms with E-state index in [1.54, 1.807) is 10.9 Å². The third-order valence-corrected chi connectivity index (χ3v) is 4.76. The molecule has 6 heteroatoms. The molecule has 0 aromatic carbocycles. The van der Waals surface area contributed by atoms with Gasteiger partial charge in [0.05, 0.1) is 18.4 Å². The van der Waals surface area contributed by atoms with Gasteiger partial charge in [0, 0.05) is 36.8 Å². The number of carbonyl (C=O) groups is 1. The van der Waals surface area contributed by atoms with Crippen LogP contribution >= 0.6 is 0 Å². The van der Waals surface area contributed by atoms with Crippen molar-refractivity contribution in [3.63, 3.8) is 0 Å². The molecular formula is C19H26N4O2. The van der Waals surface area contributed by atoms with Crippen LogP contribution in [0.15, 0.2) is 30.1 Å². The maximum absolute atomic E-state index is 12.3. The summed E-state index contributed by atoms with van der Waals surface area (Å²) in [5.41, 5.74) is 2.89. The molecule has 0 saturated carbocycles. The topological polar surface area (TPSA) is 82.1 Å². The number of carbonyl (C=O) groups excluding carboxylic acids is 1. The van der Waals surface area contributed by atoms with Crippen LogP contribution in [0.5, 0.6) is 0 Å². The number of hydrogen-bond acceptors (Lipinski definition) is 4. The van der Waals surface area contributed by atoms with Gasteiger partial charge in [-0.05, 0) is 44.3 Å². The second-order valence-corrected chi connectivity index (χ2v) is 6.61. The molecule has 0 spiro atoms. The highest BCUT2D eigenvalue weighted by Gasteiger charge is 2.18. The fourth-order valence-corrected chi connectivity index (χ4v) is 2.94. The molecule has 25 heavy (non-hydrogen) atoms. The molecule has 2 rings (SSSR count). The predicted molar refractivity (Wildman–Crippen MR) is 96.3 cm³/mol. The van der Waals surface area contributed by atoms with Crippen molar-refractivity contribution in [2.75, 3.05) is 13.1 Å². The van der Waals surface area contributed by atoms with Crippen LogP contribution in [0.4, 0.5) is 0 Å². The smallest absolute Gasteiger partial charge is 0.244 e. The van der Waals surface area contributed by atoms with Crippen LogP contribution < -0.4 is 0 Å². The predicted octanol–water partition coefficient (Wildman–Crippen LogP) is 2.52. The molecule has 1 aromatic heterocycles. The van der Waals surface area contributed by atoms with Crippen molar-refractivity contribution in [2.24, 2.45) is 0 Å². The maximum Gasteiger partial charge on any atom is 0.244 e. The average Bonchev–Trinajstić information content (AvgIpc) is 3.09. The highest BCUT2D eigenvalue weighted by Crippen LogP contribution is 2.22. The first-order chi connectivity index (χ1) is 11.9. The molecule has 1 fully saturated rings. The largest absolute Gasteiger partial charge is 0.388 e. The SMILES string of the molecule is C=C(C#N)CC(O)/C(C)=C(/C)c1cnn(CC(=O)N2CCCCC2)c1. The van der Waals surface area contributed by atoms with Gasteiger partial charge in [0.1, 0.15) is 6.54 Å². The van der Waals surface area contributed by atoms with E-state index in [-0.39, 0.29) is 18.9 Å². The summed E-state index contributed by atoms with van der Waals surface area (Å²) in [7, 11) is 0. The number of allylic oxidation sites excluding steroid dienone is 1. The number of piperidine rings is 1. The van der Waals surface area contributed by atoms with Gasteiger partial charge in [0.2, 0.25) is 5.91 Å². The van der Waals surface area contributed by atoms with Crippen molar-refractivity contribution >= 4 is 11.5 Å². The molecule has 1 amide bonds. The van der Waals surface area contributed by atoms with Crippen molar-refractivity contribution in [3.8, 4) is 6.07 Å². The van der Waals surface area contributed by atoms with Crippen molar-refractivity contribution in [2.45, 2.75) is 52.2 Å². The maximum atomic E-state index is 12.3. The number of rotatable bonds is 6. The second-order valence-electron chi connectivity index (χ2n) is 6.61. The average molecular weight is 342 g/mol. The van der Waals surface area contributed by atoms with Crippen LogP contribution in [-0.2, 0) is 11.3 Å². The normalized spacial score (nSPS) is 16.8. The van der Waals surface area contributed by atoms with Crippen LogP contribution in [0.1, 0.15) is 45.1 Å². The second kappa shape index (κ2) is 8.63. The third-order valence-electron chi connectivity index (χ3n) is 4.76. The Hall–Kier alpha value is -2.39. The van der Waals surface area contributed by atoms with E-state index in [1.807, 2.05) is 31.0 Å². The van der Waals surface area contributed by atoms with Crippen LogP contribution in [0.3, 0.4) is 0 Å². The van der Waals surface area contributed by atoms with Gasteiger partial charge in [-0.25, -0.2) is 0 Å². The number of nitrogens with zero attached hydrogens (tertiary/aromatic N) is 4. The van der Waals surface area contributed by atoms with E-state index < -0.39 is 6.10 Å². The standard InChI is InChI=1S/C19H26N4O2/c1-14(10-20)9-18(24)16(3)15(2)17-11-21-23(12-17)13-19(25)22-7-5-4-6-8-22/h11-12,18,24H,1,4-9,13H2,2-3H3/b16-15-. The minimum atomic E-state index is -0.745. The van der Waals surface area contributed by atoms with Gasteiger partial charge in [0.25, 0.3) is 0 Å². The Balaban J connectivity index is 2.03. The molecule has 1 aliphatic rings. The number of likely N-dealkylation sites (tertiary alicyclic amines) is 1. The summed E-state index contributed by atoms with van der Waals surface area (Å²) in [4.78, 5) is 14.2. The Labute approximate surface area is 149 Å². The molecule has 0 radical (unpaired) electrons. The Bertz CT molecular complexity index is 705. The fourth-order valence-electron chi connectivity index (χ4n) is 2.94. The number of amides is 1. The van der Waals surface area contributed by atoms with Gasteiger partial charge >= 0.3 is 0 Å². The monoisotopic (exact) mass is 342 g/mol. The van der Waals surface area contributed by atoms with Crippen LogP contribution in [0.2, 0.25) is 0 Å². The quantitative estimate of drug-likeness (QED) is 0.805. The molecule has 134 valence electrons. The Morgan fingerprint density at radius 1 is 1.40 bits per heavy atom. The van der Waals surface area contributed by atoms with E-state index in [1.165, 1.54) is 6.42 Å². The molecule has 1 unspecified atom stereocenters. The van der Waals surface area contributed by atoms with E-state index in [2.05, 4.69) is 11.7 Å². The van der Waals surface area contributed by atoms with Crippen LogP contribution in [-0.4, -0.2) is 44.9 Å². The van der Waals surface area contributed by atoms with Gasteiger partial charge in [-0.2, -0.15) is 10.4 Å². The summed E-state index contributed by atoms with van der Waals surface area (Å²) in [6.45, 7) is 9.25. The molecule has 1 aromatic rings. The zero-order valence-electron chi connectivity index (χ0n) is 15.0. The summed E-state index contributed by atoms with van der Waals surface area (Å²) in [5.74, 6) is 0.0954. The van der Waals surface area contributed by atoms with Crippen molar-refractivity contribution < 1.29 is 9.90 Å². The molecule has 1 atom stereocenters. The fraction of sp³-hybridized carbons (Fsp3) is 0.526. The van der Waals surface area contributed by atoms with Crippen LogP contribution in [0.25, 0.3) is 5.57 Å². The summed E-state index contributed by atoms with van der Waals surface area (Å²) >= 11 is 0. The number of aliphatic hydroxyl groups excluding tert-OH is 1. The molecular weight excluding hydrogens is 316 g/mol. The number of aliphatic hydroxyl groups is 1. The highest BCUT2D eigenvalue weighted by molar-refractivity contribution is 5.76. The number of hydrogen-bond donors (Lipinski definition) is 1. The first kappa shape index (κ1) is 18.9. The molecule has 6 nitrogen and oxygen atoms in total. The number of nitriles is 1. The van der Waals surface area contributed by atoms with Crippen molar-refractivity contribution in [1.82, 2.24) is 14.7 Å². The lowest BCUT2D eigenvalue weighted by atomic mass is 9.97. The van der Waals surface area contributed by atoms with Crippen molar-refractivity contribution in [1.29, 1.82) is 5.26 Å². The lowest BCUT2D eigenvalue weighted by Crippen LogP contribution is -2.37. The Kier molecular flexibility index (Phi) is 6.54. The lowest BCUT2D eigenvalue weighted by Gasteiger charge is -2.26. The summed E-state index contributed by atoms with van der Waals surface area (Å²) < 4.78 is 1.64. The summed E-state index contributed by atoms with van der Waals surface area (Å²) in [6, 6.07) is 1.95. The highest BCUT2D eigenvalue weighted by atomic mass is 16.3. The molecule has 0 bridgehead atoms. The molecule has 1 saturated heterocycles. The Morgan fingerprint density at radius 3 is 2.72 bits per heavy atom. The summed E-state index contributed by atoms with van der Waals surface area (Å²) in [6.07, 6.45) is 6.35. The van der Waals surface area contributed by atoms with E-state index in [4.69, 9.17) is 5.26 Å². The summed E-state index contributed by atoms with van der Waals surface area (Å²) in [5, 5.41) is 23.3. The van der Waals surface area contributed by atoms with Crippen molar-refractivity contribution in [3.05, 3.63) is 35.7 Å². The molecule has 1 aliphatic heterocycles. The zero-order chi connectivity index (χ0) is 18.4. The van der Waals surface area contributed by atoms with Gasteiger partial charge in [-0.3, -0.25) is 9.48 Å². The van der Waals surface area contributed by atoms with Gasteiger partial charge < -0.3 is 10.0 Å². The third kappa shape index (κ3) is 5.04. The minimum Gasteiger partial charge on any atom is -0.388 e. The molecule has 2 heterocycles. The first-order valence-corrected chi connectivity index (χ1v) is 8.66. The Morgan fingerprint density at radius 2 is 2.08 bits per heavy atom. The molecule has 0 aliphatic carbocycles. The number of aromatic nitrogens is 2. The van der Waals surface area contributed by atoms with E-state index in [0.29, 0.717) is 5.57 Å². The van der Waals surface area contributed by atoms with Gasteiger partial charge in [0.15, 0.2) is 0 Å². The van der Waals surface area contributed by atoms with Crippen LogP contribution in [0, 0.1) is 11.3 Å². The van der Waals surface area contributed by atoms with E-state index >= 15 is 0 Å². The molecule has 1 N–H and O–H groups in total. The van der Waals surface area contributed by atoms with E-state index in [9.17, 15) is 9.90 Å². The minimum absolute atomic E-state index is 0.0954.